The summed E-state index contributed by atoms with van der Waals surface area (Å²) in [7, 11) is 1.64. The van der Waals surface area contributed by atoms with E-state index < -0.39 is 0 Å². The summed E-state index contributed by atoms with van der Waals surface area (Å²) in [6.07, 6.45) is 5.40. The molecule has 2 N–H and O–H groups in total. The van der Waals surface area contributed by atoms with Gasteiger partial charge >= 0.3 is 0 Å². The molecule has 5 nitrogen and oxygen atoms in total. The maximum Gasteiger partial charge on any atom is 0.229 e. The van der Waals surface area contributed by atoms with E-state index >= 15 is 0 Å². The lowest BCUT2D eigenvalue weighted by Gasteiger charge is -2.21. The lowest BCUT2D eigenvalue weighted by atomic mass is 9.89. The fourth-order valence-electron chi connectivity index (χ4n) is 2.62. The van der Waals surface area contributed by atoms with Gasteiger partial charge in [0, 0.05) is 18.7 Å². The van der Waals surface area contributed by atoms with Gasteiger partial charge in [-0.1, -0.05) is 19.3 Å². The summed E-state index contributed by atoms with van der Waals surface area (Å²) in [4.78, 5) is 12.1. The number of ether oxygens (including phenoxy) is 2. The third kappa shape index (κ3) is 6.15. The second kappa shape index (κ2) is 9.47. The van der Waals surface area contributed by atoms with Crippen molar-refractivity contribution >= 4 is 28.9 Å². The van der Waals surface area contributed by atoms with E-state index in [0.29, 0.717) is 18.3 Å². The first kappa shape index (κ1) is 17.7. The third-order valence-corrected chi connectivity index (χ3v) is 4.09. The second-order valence-corrected chi connectivity index (χ2v) is 6.05. The highest BCUT2D eigenvalue weighted by Gasteiger charge is 2.21. The van der Waals surface area contributed by atoms with Gasteiger partial charge in [0.15, 0.2) is 5.11 Å². The van der Waals surface area contributed by atoms with Crippen LogP contribution in [-0.4, -0.2) is 31.3 Å². The maximum atomic E-state index is 12.1. The number of nitrogens with one attached hydrogen (secondary N) is 2. The van der Waals surface area contributed by atoms with Crippen molar-refractivity contribution in [2.75, 3.05) is 25.6 Å². The van der Waals surface area contributed by atoms with Crippen LogP contribution < -0.4 is 15.4 Å². The van der Waals surface area contributed by atoms with Gasteiger partial charge in [0.05, 0.1) is 6.61 Å². The van der Waals surface area contributed by atoms with E-state index in [4.69, 9.17) is 21.7 Å². The van der Waals surface area contributed by atoms with Gasteiger partial charge in [-0.2, -0.15) is 0 Å². The number of anilines is 1. The molecule has 0 bridgehead atoms. The van der Waals surface area contributed by atoms with Crippen molar-refractivity contribution < 1.29 is 14.3 Å². The van der Waals surface area contributed by atoms with Crippen molar-refractivity contribution in [3.63, 3.8) is 0 Å². The van der Waals surface area contributed by atoms with E-state index in [1.165, 1.54) is 6.42 Å². The fourth-order valence-corrected chi connectivity index (χ4v) is 2.84. The number of hydrogen-bond acceptors (Lipinski definition) is 4. The van der Waals surface area contributed by atoms with Gasteiger partial charge in [0.2, 0.25) is 5.91 Å². The number of methoxy groups -OCH3 is 1. The van der Waals surface area contributed by atoms with E-state index in [-0.39, 0.29) is 11.8 Å². The predicted molar refractivity (Wildman–Crippen MR) is 94.8 cm³/mol. The summed E-state index contributed by atoms with van der Waals surface area (Å²) >= 11 is 5.21. The number of amides is 1. The Kier molecular flexibility index (Phi) is 7.29. The Bertz CT molecular complexity index is 513. The summed E-state index contributed by atoms with van der Waals surface area (Å²) < 4.78 is 10.4. The molecule has 0 unspecified atom stereocenters. The van der Waals surface area contributed by atoms with Gasteiger partial charge in [-0.25, -0.2) is 0 Å². The molecule has 0 radical (unpaired) electrons. The van der Waals surface area contributed by atoms with Gasteiger partial charge in [-0.05, 0) is 49.3 Å². The topological polar surface area (TPSA) is 59.6 Å². The molecule has 0 saturated heterocycles. The van der Waals surface area contributed by atoms with Crippen molar-refractivity contribution in [2.45, 2.75) is 32.1 Å². The van der Waals surface area contributed by atoms with E-state index in [1.807, 2.05) is 24.3 Å². The Morgan fingerprint density at radius 2 is 1.87 bits per heavy atom. The number of carbonyl (C=O) groups excluding carboxylic acids is 1. The van der Waals surface area contributed by atoms with Crippen molar-refractivity contribution in [2.24, 2.45) is 5.92 Å². The lowest BCUT2D eigenvalue weighted by molar-refractivity contribution is -0.124. The highest BCUT2D eigenvalue weighted by atomic mass is 32.1. The smallest absolute Gasteiger partial charge is 0.229 e. The van der Waals surface area contributed by atoms with E-state index in [9.17, 15) is 4.79 Å². The van der Waals surface area contributed by atoms with Crippen LogP contribution in [0.2, 0.25) is 0 Å². The van der Waals surface area contributed by atoms with Crippen molar-refractivity contribution in [3.8, 4) is 5.75 Å². The highest BCUT2D eigenvalue weighted by molar-refractivity contribution is 7.80. The summed E-state index contributed by atoms with van der Waals surface area (Å²) in [6.45, 7) is 1.07. The SMILES string of the molecule is COCCOc1ccc(NC(=S)NC(=O)C2CCCCC2)cc1. The molecule has 0 spiro atoms. The van der Waals surface area contributed by atoms with Crippen LogP contribution in [0.5, 0.6) is 5.75 Å². The van der Waals surface area contributed by atoms with Crippen molar-refractivity contribution in [3.05, 3.63) is 24.3 Å². The first-order chi connectivity index (χ1) is 11.2. The zero-order chi connectivity index (χ0) is 16.5. The normalized spacial score (nSPS) is 15.0. The average molecular weight is 336 g/mol. The van der Waals surface area contributed by atoms with Gasteiger partial charge in [-0.3, -0.25) is 4.79 Å². The van der Waals surface area contributed by atoms with Gasteiger partial charge in [-0.15, -0.1) is 0 Å². The van der Waals surface area contributed by atoms with Crippen LogP contribution >= 0.6 is 12.2 Å². The Morgan fingerprint density at radius 3 is 2.52 bits per heavy atom. The van der Waals surface area contributed by atoms with Crippen LogP contribution in [0, 0.1) is 5.92 Å². The molecule has 1 aliphatic carbocycles. The fraction of sp³-hybridized carbons (Fsp3) is 0.529. The Labute approximate surface area is 142 Å². The predicted octanol–water partition coefficient (Wildman–Crippen LogP) is 3.11. The first-order valence-electron chi connectivity index (χ1n) is 8.02. The molecule has 126 valence electrons. The minimum Gasteiger partial charge on any atom is -0.491 e. The molecule has 6 heteroatoms. The Balaban J connectivity index is 1.77. The highest BCUT2D eigenvalue weighted by Crippen LogP contribution is 2.23. The lowest BCUT2D eigenvalue weighted by Crippen LogP contribution is -2.38. The van der Waals surface area contributed by atoms with Crippen molar-refractivity contribution in [1.82, 2.24) is 5.32 Å². The quantitative estimate of drug-likeness (QED) is 0.617. The van der Waals surface area contributed by atoms with Crippen LogP contribution in [0.15, 0.2) is 24.3 Å². The summed E-state index contributed by atoms with van der Waals surface area (Å²) in [6, 6.07) is 7.43. The molecule has 1 amide bonds. The maximum absolute atomic E-state index is 12.1. The molecule has 1 saturated carbocycles. The molecular formula is C17H24N2O3S. The molecule has 1 fully saturated rings. The van der Waals surface area contributed by atoms with E-state index in [1.54, 1.807) is 7.11 Å². The zero-order valence-electron chi connectivity index (χ0n) is 13.5. The number of hydrogen-bond donors (Lipinski definition) is 2. The first-order valence-corrected chi connectivity index (χ1v) is 8.43. The van der Waals surface area contributed by atoms with Crippen LogP contribution in [-0.2, 0) is 9.53 Å². The van der Waals surface area contributed by atoms with Crippen LogP contribution in [0.1, 0.15) is 32.1 Å². The van der Waals surface area contributed by atoms with E-state index in [2.05, 4.69) is 10.6 Å². The molecular weight excluding hydrogens is 312 g/mol. The van der Waals surface area contributed by atoms with Crippen LogP contribution in [0.25, 0.3) is 0 Å². The minimum absolute atomic E-state index is 0.0294. The zero-order valence-corrected chi connectivity index (χ0v) is 14.3. The molecule has 0 aromatic heterocycles. The Hall–Kier alpha value is -1.66. The van der Waals surface area contributed by atoms with Crippen molar-refractivity contribution in [1.29, 1.82) is 0 Å². The second-order valence-electron chi connectivity index (χ2n) is 5.64. The molecule has 1 aromatic rings. The molecule has 23 heavy (non-hydrogen) atoms. The Morgan fingerprint density at radius 1 is 1.17 bits per heavy atom. The largest absolute Gasteiger partial charge is 0.491 e. The van der Waals surface area contributed by atoms with Crippen LogP contribution in [0.4, 0.5) is 5.69 Å². The molecule has 1 aliphatic rings. The number of thiocarbonyl (C=S) groups is 1. The molecule has 0 atom stereocenters. The van der Waals surface area contributed by atoms with Crippen LogP contribution in [0.3, 0.4) is 0 Å². The summed E-state index contributed by atoms with van der Waals surface area (Å²) in [5.74, 6) is 0.895. The average Bonchev–Trinajstić information content (AvgIpc) is 2.57. The van der Waals surface area contributed by atoms with Gasteiger partial charge in [0.25, 0.3) is 0 Å². The minimum atomic E-state index is 0.0294. The molecule has 0 heterocycles. The molecule has 2 rings (SSSR count). The standard InChI is InChI=1S/C17H24N2O3S/c1-21-11-12-22-15-9-7-14(8-10-15)18-17(23)19-16(20)13-5-3-2-4-6-13/h7-10,13H,2-6,11-12H2,1H3,(H2,18,19,20,23). The molecule has 0 aliphatic heterocycles. The molecule has 1 aromatic carbocycles. The monoisotopic (exact) mass is 336 g/mol. The van der Waals surface area contributed by atoms with Gasteiger partial charge < -0.3 is 20.1 Å². The number of carbonyl (C=O) groups is 1. The summed E-state index contributed by atoms with van der Waals surface area (Å²) in [5, 5.41) is 6.16. The number of benzene rings is 1. The summed E-state index contributed by atoms with van der Waals surface area (Å²) in [5.41, 5.74) is 0.818. The van der Waals surface area contributed by atoms with E-state index in [0.717, 1.165) is 37.1 Å². The number of rotatable bonds is 6. The third-order valence-electron chi connectivity index (χ3n) is 3.88. The van der Waals surface area contributed by atoms with Gasteiger partial charge in [0.1, 0.15) is 12.4 Å².